The van der Waals surface area contributed by atoms with Crippen molar-refractivity contribution in [3.05, 3.63) is 23.2 Å². The molecule has 0 aliphatic rings. The Morgan fingerprint density at radius 2 is 2.36 bits per heavy atom. The number of thiazole rings is 1. The summed E-state index contributed by atoms with van der Waals surface area (Å²) in [5, 5.41) is 2.35. The molecule has 1 rings (SSSR count). The van der Waals surface area contributed by atoms with Gasteiger partial charge in [-0.1, -0.05) is 5.57 Å². The molecule has 76 valence electrons. The molecule has 0 radical (unpaired) electrons. The van der Waals surface area contributed by atoms with Gasteiger partial charge in [0.15, 0.2) is 5.13 Å². The number of Topliss-reactive ketones (excluding diaryl/α,β-unsaturated/α-hetero) is 1. The van der Waals surface area contributed by atoms with Gasteiger partial charge in [0.2, 0.25) is 0 Å². The van der Waals surface area contributed by atoms with Crippen LogP contribution in [0.5, 0.6) is 0 Å². The number of hydrogen-bond acceptors (Lipinski definition) is 4. The molecule has 0 bridgehead atoms. The molecular weight excluding hydrogens is 196 g/mol. The van der Waals surface area contributed by atoms with Crippen molar-refractivity contribution in [2.24, 2.45) is 0 Å². The number of allylic oxidation sites excluding steroid dienone is 1. The maximum Gasteiger partial charge on any atom is 0.180 e. The maximum absolute atomic E-state index is 11.4. The second kappa shape index (κ2) is 4.91. The second-order valence-corrected chi connectivity index (χ2v) is 4.24. The van der Waals surface area contributed by atoms with E-state index < -0.39 is 0 Å². The zero-order chi connectivity index (χ0) is 10.6. The van der Waals surface area contributed by atoms with Crippen LogP contribution < -0.4 is 5.73 Å². The Labute approximate surface area is 87.7 Å². The van der Waals surface area contributed by atoms with Crippen molar-refractivity contribution in [2.75, 3.05) is 5.73 Å². The lowest BCUT2D eigenvalue weighted by Gasteiger charge is -1.97. The lowest BCUT2D eigenvalue weighted by Crippen LogP contribution is -2.03. The highest BCUT2D eigenvalue weighted by Gasteiger charge is 2.06. The van der Waals surface area contributed by atoms with Crippen LogP contribution in [0.3, 0.4) is 0 Å². The summed E-state index contributed by atoms with van der Waals surface area (Å²) in [6.07, 6.45) is 1.70. The smallest absolute Gasteiger partial charge is 0.180 e. The molecule has 0 saturated heterocycles. The second-order valence-electron chi connectivity index (χ2n) is 3.35. The molecule has 0 amide bonds. The molecule has 0 saturated carbocycles. The van der Waals surface area contributed by atoms with E-state index in [0.717, 1.165) is 17.7 Å². The molecule has 0 atom stereocenters. The van der Waals surface area contributed by atoms with Crippen LogP contribution in [0.1, 0.15) is 25.5 Å². The number of nitrogens with two attached hydrogens (primary N) is 1. The molecule has 2 N–H and O–H groups in total. The van der Waals surface area contributed by atoms with E-state index >= 15 is 0 Å². The van der Waals surface area contributed by atoms with Gasteiger partial charge in [0, 0.05) is 18.2 Å². The van der Waals surface area contributed by atoms with Crippen LogP contribution in [0.4, 0.5) is 5.13 Å². The number of carbonyl (C=O) groups excluding carboxylic acids is 1. The molecule has 0 fully saturated rings. The third-order valence-corrected chi connectivity index (χ3v) is 2.50. The quantitative estimate of drug-likeness (QED) is 0.758. The highest BCUT2D eigenvalue weighted by Crippen LogP contribution is 2.13. The first-order chi connectivity index (χ1) is 6.58. The minimum atomic E-state index is 0.193. The van der Waals surface area contributed by atoms with Crippen LogP contribution in [0.15, 0.2) is 17.5 Å². The zero-order valence-electron chi connectivity index (χ0n) is 8.25. The molecular formula is C10H14N2OS. The summed E-state index contributed by atoms with van der Waals surface area (Å²) in [5.74, 6) is 0.193. The zero-order valence-corrected chi connectivity index (χ0v) is 9.06. The SMILES string of the molecule is C=C(C)CCC(=O)Cc1csc(N)n1. The fourth-order valence-corrected chi connectivity index (χ4v) is 1.61. The van der Waals surface area contributed by atoms with Crippen molar-refractivity contribution in [1.82, 2.24) is 4.98 Å². The van der Waals surface area contributed by atoms with E-state index in [4.69, 9.17) is 5.73 Å². The lowest BCUT2D eigenvalue weighted by atomic mass is 10.1. The minimum Gasteiger partial charge on any atom is -0.375 e. The molecule has 4 heteroatoms. The van der Waals surface area contributed by atoms with E-state index in [2.05, 4.69) is 11.6 Å². The average Bonchev–Trinajstić information content (AvgIpc) is 2.48. The van der Waals surface area contributed by atoms with Gasteiger partial charge in [-0.25, -0.2) is 4.98 Å². The Kier molecular flexibility index (Phi) is 3.83. The summed E-state index contributed by atoms with van der Waals surface area (Å²) in [7, 11) is 0. The van der Waals surface area contributed by atoms with E-state index in [0.29, 0.717) is 18.0 Å². The fraction of sp³-hybridized carbons (Fsp3) is 0.400. The van der Waals surface area contributed by atoms with Crippen molar-refractivity contribution in [3.8, 4) is 0 Å². The van der Waals surface area contributed by atoms with Gasteiger partial charge >= 0.3 is 0 Å². The molecule has 0 unspecified atom stereocenters. The summed E-state index contributed by atoms with van der Waals surface area (Å²) in [6, 6.07) is 0. The number of carbonyl (C=O) groups is 1. The molecule has 1 aromatic heterocycles. The maximum atomic E-state index is 11.4. The van der Waals surface area contributed by atoms with Crippen molar-refractivity contribution in [2.45, 2.75) is 26.2 Å². The fourth-order valence-electron chi connectivity index (χ4n) is 1.05. The number of nitrogen functional groups attached to an aromatic ring is 1. The van der Waals surface area contributed by atoms with Gasteiger partial charge in [-0.05, 0) is 13.3 Å². The largest absolute Gasteiger partial charge is 0.375 e. The van der Waals surface area contributed by atoms with Gasteiger partial charge in [-0.15, -0.1) is 17.9 Å². The minimum absolute atomic E-state index is 0.193. The summed E-state index contributed by atoms with van der Waals surface area (Å²) in [6.45, 7) is 5.68. The normalized spacial score (nSPS) is 10.1. The van der Waals surface area contributed by atoms with Crippen molar-refractivity contribution >= 4 is 22.3 Å². The standard InChI is InChI=1S/C10H14N2OS/c1-7(2)3-4-9(13)5-8-6-14-10(11)12-8/h6H,1,3-5H2,2H3,(H2,11,12). The van der Waals surface area contributed by atoms with E-state index in [1.807, 2.05) is 12.3 Å². The summed E-state index contributed by atoms with van der Waals surface area (Å²) in [4.78, 5) is 15.4. The molecule has 0 aliphatic carbocycles. The Bertz CT molecular complexity index is 344. The van der Waals surface area contributed by atoms with Crippen molar-refractivity contribution in [1.29, 1.82) is 0 Å². The number of hydrogen-bond donors (Lipinski definition) is 1. The molecule has 1 aromatic rings. The Morgan fingerprint density at radius 3 is 2.86 bits per heavy atom. The first-order valence-corrected chi connectivity index (χ1v) is 5.32. The number of anilines is 1. The molecule has 3 nitrogen and oxygen atoms in total. The van der Waals surface area contributed by atoms with Gasteiger partial charge in [-0.2, -0.15) is 0 Å². The van der Waals surface area contributed by atoms with Crippen LogP contribution in [0.2, 0.25) is 0 Å². The van der Waals surface area contributed by atoms with E-state index in [-0.39, 0.29) is 5.78 Å². The lowest BCUT2D eigenvalue weighted by molar-refractivity contribution is -0.118. The molecule has 1 heterocycles. The third-order valence-electron chi connectivity index (χ3n) is 1.78. The van der Waals surface area contributed by atoms with Gasteiger partial charge < -0.3 is 5.73 Å². The summed E-state index contributed by atoms with van der Waals surface area (Å²) in [5.41, 5.74) is 7.27. The number of aromatic nitrogens is 1. The summed E-state index contributed by atoms with van der Waals surface area (Å²) < 4.78 is 0. The predicted molar refractivity (Wildman–Crippen MR) is 59.3 cm³/mol. The average molecular weight is 210 g/mol. The Morgan fingerprint density at radius 1 is 1.64 bits per heavy atom. The molecule has 0 spiro atoms. The first-order valence-electron chi connectivity index (χ1n) is 4.44. The van der Waals surface area contributed by atoms with Crippen LogP contribution in [-0.4, -0.2) is 10.8 Å². The van der Waals surface area contributed by atoms with Gasteiger partial charge in [0.25, 0.3) is 0 Å². The van der Waals surface area contributed by atoms with Crippen LogP contribution >= 0.6 is 11.3 Å². The topological polar surface area (TPSA) is 56.0 Å². The predicted octanol–water partition coefficient (Wildman–Crippen LogP) is 2.19. The Balaban J connectivity index is 2.37. The van der Waals surface area contributed by atoms with Crippen LogP contribution in [0.25, 0.3) is 0 Å². The number of ketones is 1. The van der Waals surface area contributed by atoms with Gasteiger partial charge in [0.1, 0.15) is 5.78 Å². The van der Waals surface area contributed by atoms with E-state index in [1.54, 1.807) is 0 Å². The molecule has 0 aromatic carbocycles. The van der Waals surface area contributed by atoms with E-state index in [1.165, 1.54) is 11.3 Å². The monoisotopic (exact) mass is 210 g/mol. The van der Waals surface area contributed by atoms with Crippen LogP contribution in [-0.2, 0) is 11.2 Å². The molecule has 14 heavy (non-hydrogen) atoms. The van der Waals surface area contributed by atoms with Crippen molar-refractivity contribution in [3.63, 3.8) is 0 Å². The summed E-state index contributed by atoms with van der Waals surface area (Å²) >= 11 is 1.37. The van der Waals surface area contributed by atoms with Crippen LogP contribution in [0, 0.1) is 0 Å². The number of nitrogens with zero attached hydrogens (tertiary/aromatic N) is 1. The number of rotatable bonds is 5. The van der Waals surface area contributed by atoms with Gasteiger partial charge in [-0.3, -0.25) is 4.79 Å². The third kappa shape index (κ3) is 3.70. The molecule has 0 aliphatic heterocycles. The Hall–Kier alpha value is -1.16. The highest BCUT2D eigenvalue weighted by molar-refractivity contribution is 7.13. The van der Waals surface area contributed by atoms with Gasteiger partial charge in [0.05, 0.1) is 5.69 Å². The highest BCUT2D eigenvalue weighted by atomic mass is 32.1. The van der Waals surface area contributed by atoms with E-state index in [9.17, 15) is 4.79 Å². The van der Waals surface area contributed by atoms with Crippen molar-refractivity contribution < 1.29 is 4.79 Å². The first kappa shape index (κ1) is 10.9.